The molecule has 0 fully saturated rings. The van der Waals surface area contributed by atoms with E-state index in [2.05, 4.69) is 138 Å². The maximum atomic E-state index is 3.53. The molecule has 0 N–H and O–H groups in total. The number of hydrogen-bond donors (Lipinski definition) is 0. The minimum Gasteiger partial charge on any atom is -1.00 e. The van der Waals surface area contributed by atoms with Crippen LogP contribution in [0.25, 0.3) is 11.1 Å². The quantitative estimate of drug-likeness (QED) is 0.266. The Balaban J connectivity index is 0.000000684. The van der Waals surface area contributed by atoms with Gasteiger partial charge in [-0.2, -0.15) is 41.0 Å². The molecular formula is C34H46Cl2Zr-2. The third kappa shape index (κ3) is 10.3. The Morgan fingerprint density at radius 1 is 0.811 bits per heavy atom. The van der Waals surface area contributed by atoms with Crippen molar-refractivity contribution in [2.75, 3.05) is 0 Å². The van der Waals surface area contributed by atoms with Gasteiger partial charge in [0.1, 0.15) is 0 Å². The molecular weight excluding hydrogens is 571 g/mol. The first-order valence-electron chi connectivity index (χ1n) is 12.8. The van der Waals surface area contributed by atoms with E-state index in [1.807, 2.05) is 0 Å². The van der Waals surface area contributed by atoms with Gasteiger partial charge in [0.2, 0.25) is 0 Å². The molecule has 1 aliphatic carbocycles. The summed E-state index contributed by atoms with van der Waals surface area (Å²) in [6.45, 7) is 26.8. The summed E-state index contributed by atoms with van der Waals surface area (Å²) < 4.78 is 1.51. The second-order valence-electron chi connectivity index (χ2n) is 13.2. The van der Waals surface area contributed by atoms with E-state index >= 15 is 0 Å². The average molecular weight is 617 g/mol. The van der Waals surface area contributed by atoms with Gasteiger partial charge in [0.05, 0.1) is 0 Å². The van der Waals surface area contributed by atoms with Crippen LogP contribution in [0.15, 0.2) is 48.5 Å². The van der Waals surface area contributed by atoms with Crippen LogP contribution in [-0.4, -0.2) is 3.21 Å². The van der Waals surface area contributed by atoms with E-state index in [1.54, 1.807) is 24.2 Å². The van der Waals surface area contributed by atoms with Crippen molar-refractivity contribution < 1.29 is 49.0 Å². The van der Waals surface area contributed by atoms with Crippen molar-refractivity contribution in [2.24, 2.45) is 0 Å². The van der Waals surface area contributed by atoms with Crippen LogP contribution in [0.5, 0.6) is 0 Å². The Kier molecular flexibility index (Phi) is 13.6. The van der Waals surface area contributed by atoms with Gasteiger partial charge < -0.3 is 24.8 Å². The van der Waals surface area contributed by atoms with Gasteiger partial charge in [0.15, 0.2) is 0 Å². The van der Waals surface area contributed by atoms with Gasteiger partial charge in [0, 0.05) is 0 Å². The first kappa shape index (κ1) is 36.1. The van der Waals surface area contributed by atoms with E-state index in [0.29, 0.717) is 5.41 Å². The van der Waals surface area contributed by atoms with Crippen molar-refractivity contribution in [3.05, 3.63) is 88.0 Å². The largest absolute Gasteiger partial charge is 1.00 e. The molecule has 0 nitrogen and oxygen atoms in total. The fourth-order valence-corrected chi connectivity index (χ4v) is 4.34. The van der Waals surface area contributed by atoms with E-state index in [1.165, 1.54) is 47.7 Å². The molecule has 0 saturated heterocycles. The van der Waals surface area contributed by atoms with Crippen LogP contribution in [0.4, 0.5) is 0 Å². The summed E-state index contributed by atoms with van der Waals surface area (Å²) in [4.78, 5) is 0. The molecule has 0 aromatic heterocycles. The molecule has 202 valence electrons. The number of aryl methyl sites for hydroxylation is 1. The van der Waals surface area contributed by atoms with Crippen molar-refractivity contribution >= 4 is 3.21 Å². The van der Waals surface area contributed by atoms with Crippen LogP contribution in [-0.2, 0) is 46.9 Å². The molecule has 3 aromatic rings. The van der Waals surface area contributed by atoms with Crippen LogP contribution in [0, 0.1) is 13.0 Å². The maximum absolute atomic E-state index is 3.53. The summed E-state index contributed by atoms with van der Waals surface area (Å²) in [5.41, 5.74) is 11.9. The summed E-state index contributed by atoms with van der Waals surface area (Å²) in [6, 6.07) is 21.6. The number of benzene rings is 2. The van der Waals surface area contributed by atoms with Crippen LogP contribution in [0.3, 0.4) is 0 Å². The molecule has 37 heavy (non-hydrogen) atoms. The monoisotopic (exact) mass is 614 g/mol. The van der Waals surface area contributed by atoms with Gasteiger partial charge in [-0.25, -0.2) is 12.1 Å². The fourth-order valence-electron chi connectivity index (χ4n) is 4.34. The Labute approximate surface area is 255 Å². The second-order valence-corrected chi connectivity index (χ2v) is 15.7. The summed E-state index contributed by atoms with van der Waals surface area (Å²) in [5.74, 6) is 0. The maximum Gasteiger partial charge on any atom is -0.0583 e. The molecule has 0 aliphatic heterocycles. The van der Waals surface area contributed by atoms with Gasteiger partial charge in [-0.05, 0) is 17.4 Å². The van der Waals surface area contributed by atoms with Gasteiger partial charge in [-0.3, -0.25) is 0 Å². The zero-order valence-corrected chi connectivity index (χ0v) is 29.1. The minimum atomic E-state index is 0. The van der Waals surface area contributed by atoms with E-state index in [-0.39, 0.29) is 35.6 Å². The van der Waals surface area contributed by atoms with Crippen LogP contribution >= 0.6 is 0 Å². The molecule has 3 heteroatoms. The zero-order valence-electron chi connectivity index (χ0n) is 25.1. The Bertz CT molecular complexity index is 1100. The van der Waals surface area contributed by atoms with Crippen molar-refractivity contribution in [3.63, 3.8) is 0 Å². The molecule has 1 aliphatic rings. The Morgan fingerprint density at radius 2 is 1.32 bits per heavy atom. The van der Waals surface area contributed by atoms with Gasteiger partial charge in [-0.1, -0.05) is 109 Å². The van der Waals surface area contributed by atoms with E-state index in [9.17, 15) is 0 Å². The summed E-state index contributed by atoms with van der Waals surface area (Å²) in [5, 5.41) is 0. The predicted molar refractivity (Wildman–Crippen MR) is 153 cm³/mol. The predicted octanol–water partition coefficient (Wildman–Crippen LogP) is 3.42. The van der Waals surface area contributed by atoms with E-state index < -0.39 is 0 Å². The molecule has 0 spiro atoms. The smallest absolute Gasteiger partial charge is 0.0583 e. The zero-order chi connectivity index (χ0) is 26.8. The number of rotatable bonds is 0. The van der Waals surface area contributed by atoms with Crippen molar-refractivity contribution in [2.45, 2.75) is 106 Å². The summed E-state index contributed by atoms with van der Waals surface area (Å²) >= 11 is 1.55. The molecule has 0 radical (unpaired) electrons. The number of hydrogen-bond acceptors (Lipinski definition) is 0. The summed E-state index contributed by atoms with van der Waals surface area (Å²) in [6.07, 6.45) is 1.03. The molecule has 0 unspecified atom stereocenters. The molecule has 0 amide bonds. The Hall–Kier alpha value is -0.877. The van der Waals surface area contributed by atoms with Gasteiger partial charge in [0.25, 0.3) is 0 Å². The summed E-state index contributed by atoms with van der Waals surface area (Å²) in [7, 11) is 0. The van der Waals surface area contributed by atoms with E-state index in [0.717, 1.165) is 6.42 Å². The number of fused-ring (bicyclic) bond motifs is 3. The molecule has 0 bridgehead atoms. The SMILES string of the molecule is CC(C)(C)c1c[c-]c2c(c1)-c1cc(C(C)(C)C)ccc1C2.C[C](C)=[Zr+2].Cc1ccc[c-]1C(C)(C)C.[Cl-].[Cl-]. The van der Waals surface area contributed by atoms with Crippen LogP contribution < -0.4 is 24.8 Å². The third-order valence-electron chi connectivity index (χ3n) is 6.37. The fraction of sp³-hybridized carbons (Fsp3) is 0.471. The molecule has 3 aromatic carbocycles. The first-order chi connectivity index (χ1) is 15.9. The van der Waals surface area contributed by atoms with E-state index in [4.69, 9.17) is 0 Å². The number of halogens is 2. The van der Waals surface area contributed by atoms with Crippen molar-refractivity contribution in [1.29, 1.82) is 0 Å². The molecule has 4 rings (SSSR count). The first-order valence-corrected chi connectivity index (χ1v) is 14.1. The molecule has 0 atom stereocenters. The molecule has 0 saturated carbocycles. The minimum absolute atomic E-state index is 0. The van der Waals surface area contributed by atoms with Crippen LogP contribution in [0.2, 0.25) is 0 Å². The third-order valence-corrected chi connectivity index (χ3v) is 6.37. The normalized spacial score (nSPS) is 11.9. The van der Waals surface area contributed by atoms with Crippen molar-refractivity contribution in [3.8, 4) is 11.1 Å². The van der Waals surface area contributed by atoms with Gasteiger partial charge in [-0.15, -0.1) is 11.1 Å². The average Bonchev–Trinajstić information content (AvgIpc) is 3.28. The Morgan fingerprint density at radius 3 is 1.73 bits per heavy atom. The molecule has 0 heterocycles. The second kappa shape index (κ2) is 14.0. The standard InChI is InChI=1S/C21H25.C10H15.C3H6.2ClH.Zr/c1-20(2,3)16-9-7-14-11-15-8-10-17(21(4,5)6)13-19(15)18(14)12-16;1-8-6-5-7-9(8)10(2,3)4;1-3-2;;;/h7,9-10,12-13H,11H2,1-6H3;5-7H,1-4H3;1-2H3;2*1H;/q2*-1;;;;+2/p-2. The van der Waals surface area contributed by atoms with Gasteiger partial charge >= 0.3 is 41.3 Å². The van der Waals surface area contributed by atoms with Crippen molar-refractivity contribution in [1.82, 2.24) is 0 Å². The van der Waals surface area contributed by atoms with Crippen LogP contribution in [0.1, 0.15) is 110 Å². The topological polar surface area (TPSA) is 0 Å².